The van der Waals surface area contributed by atoms with Crippen molar-refractivity contribution >= 4 is 27.6 Å². The first-order valence-corrected chi connectivity index (χ1v) is 6.69. The van der Waals surface area contributed by atoms with Crippen LogP contribution in [-0.2, 0) is 4.79 Å². The Morgan fingerprint density at radius 2 is 2.26 bits per heavy atom. The Bertz CT molecular complexity index is 556. The van der Waals surface area contributed by atoms with E-state index in [9.17, 15) is 9.18 Å². The van der Waals surface area contributed by atoms with Crippen LogP contribution in [0.4, 0.5) is 10.1 Å². The molecule has 6 heteroatoms. The molecule has 100 valence electrons. The van der Waals surface area contributed by atoms with Gasteiger partial charge in [-0.2, -0.15) is 5.26 Å². The average Bonchev–Trinajstić information content (AvgIpc) is 2.84. The highest BCUT2D eigenvalue weighted by molar-refractivity contribution is 9.10. The van der Waals surface area contributed by atoms with Gasteiger partial charge in [0.2, 0.25) is 0 Å². The summed E-state index contributed by atoms with van der Waals surface area (Å²) in [5.41, 5.74) is 0.528. The third kappa shape index (κ3) is 2.87. The number of carboxylic acid groups (broad SMARTS) is 1. The molecule has 1 aromatic carbocycles. The van der Waals surface area contributed by atoms with Gasteiger partial charge in [0.1, 0.15) is 6.07 Å². The highest BCUT2D eigenvalue weighted by atomic mass is 79.9. The number of halogens is 2. The van der Waals surface area contributed by atoms with Gasteiger partial charge in [-0.3, -0.25) is 4.79 Å². The number of carboxylic acids is 1. The van der Waals surface area contributed by atoms with Crippen molar-refractivity contribution in [1.29, 1.82) is 5.26 Å². The summed E-state index contributed by atoms with van der Waals surface area (Å²) in [4.78, 5) is 10.9. The van der Waals surface area contributed by atoms with E-state index in [4.69, 9.17) is 10.4 Å². The van der Waals surface area contributed by atoms with Gasteiger partial charge in [-0.05, 0) is 47.3 Å². The molecular formula is C13H12BrFN2O2. The number of rotatable bonds is 3. The Balaban J connectivity index is 2.11. The van der Waals surface area contributed by atoms with Crippen LogP contribution in [0.5, 0.6) is 0 Å². The van der Waals surface area contributed by atoms with Gasteiger partial charge < -0.3 is 10.4 Å². The normalized spacial score (nSPS) is 21.9. The molecule has 0 saturated heterocycles. The SMILES string of the molecule is N#Cc1ccc(NC2CCC(C(=O)O)C2)c(F)c1Br. The third-order valence-electron chi connectivity index (χ3n) is 3.34. The van der Waals surface area contributed by atoms with Gasteiger partial charge in [0.05, 0.1) is 21.6 Å². The minimum Gasteiger partial charge on any atom is -0.481 e. The summed E-state index contributed by atoms with van der Waals surface area (Å²) < 4.78 is 14.1. The lowest BCUT2D eigenvalue weighted by molar-refractivity contribution is -0.141. The topological polar surface area (TPSA) is 73.1 Å². The lowest BCUT2D eigenvalue weighted by atomic mass is 10.1. The van der Waals surface area contributed by atoms with Gasteiger partial charge in [-0.25, -0.2) is 4.39 Å². The third-order valence-corrected chi connectivity index (χ3v) is 4.12. The summed E-state index contributed by atoms with van der Waals surface area (Å²) >= 11 is 3.04. The molecule has 2 rings (SSSR count). The summed E-state index contributed by atoms with van der Waals surface area (Å²) in [5.74, 6) is -1.68. The zero-order chi connectivity index (χ0) is 14.0. The maximum atomic E-state index is 14.0. The number of aliphatic carboxylic acids is 1. The quantitative estimate of drug-likeness (QED) is 0.895. The summed E-state index contributed by atoms with van der Waals surface area (Å²) in [5, 5.41) is 20.7. The number of nitriles is 1. The molecule has 0 heterocycles. The lowest BCUT2D eigenvalue weighted by Crippen LogP contribution is -2.18. The molecule has 2 N–H and O–H groups in total. The van der Waals surface area contributed by atoms with Crippen molar-refractivity contribution in [3.63, 3.8) is 0 Å². The van der Waals surface area contributed by atoms with Crippen LogP contribution in [-0.4, -0.2) is 17.1 Å². The van der Waals surface area contributed by atoms with Crippen LogP contribution in [0.25, 0.3) is 0 Å². The minimum absolute atomic E-state index is 0.0459. The summed E-state index contributed by atoms with van der Waals surface area (Å²) in [6, 6.07) is 4.87. The van der Waals surface area contributed by atoms with E-state index in [1.165, 1.54) is 12.1 Å². The second kappa shape index (κ2) is 5.57. The standard InChI is InChI=1S/C13H12BrFN2O2/c14-11-8(6-16)2-4-10(12(11)15)17-9-3-1-7(5-9)13(18)19/h2,4,7,9,17H,1,3,5H2,(H,18,19). The molecule has 0 amide bonds. The second-order valence-electron chi connectivity index (χ2n) is 4.59. The Kier molecular flexibility index (Phi) is 4.05. The van der Waals surface area contributed by atoms with E-state index in [2.05, 4.69) is 21.2 Å². The fourth-order valence-electron chi connectivity index (χ4n) is 2.30. The van der Waals surface area contributed by atoms with Crippen LogP contribution >= 0.6 is 15.9 Å². The predicted octanol–water partition coefficient (Wildman–Crippen LogP) is 3.13. The van der Waals surface area contributed by atoms with Crippen LogP contribution in [0.15, 0.2) is 16.6 Å². The van der Waals surface area contributed by atoms with E-state index in [0.29, 0.717) is 24.9 Å². The number of anilines is 1. The van der Waals surface area contributed by atoms with Crippen molar-refractivity contribution in [2.24, 2.45) is 5.92 Å². The molecule has 2 atom stereocenters. The number of nitrogens with one attached hydrogen (secondary N) is 1. The summed E-state index contributed by atoms with van der Waals surface area (Å²) in [6.45, 7) is 0. The molecular weight excluding hydrogens is 315 g/mol. The predicted molar refractivity (Wildman–Crippen MR) is 71.2 cm³/mol. The highest BCUT2D eigenvalue weighted by Crippen LogP contribution is 2.31. The van der Waals surface area contributed by atoms with Gasteiger partial charge in [0.25, 0.3) is 0 Å². The van der Waals surface area contributed by atoms with Crippen LogP contribution in [0.3, 0.4) is 0 Å². The number of benzene rings is 1. The molecule has 4 nitrogen and oxygen atoms in total. The maximum Gasteiger partial charge on any atom is 0.306 e. The van der Waals surface area contributed by atoms with E-state index >= 15 is 0 Å². The van der Waals surface area contributed by atoms with E-state index in [1.54, 1.807) is 0 Å². The number of carbonyl (C=O) groups is 1. The molecule has 0 spiro atoms. The molecule has 1 aromatic rings. The van der Waals surface area contributed by atoms with Crippen molar-refractivity contribution in [2.45, 2.75) is 25.3 Å². The van der Waals surface area contributed by atoms with Crippen LogP contribution in [0.2, 0.25) is 0 Å². The molecule has 0 aromatic heterocycles. The number of hydrogen-bond acceptors (Lipinski definition) is 3. The molecule has 0 radical (unpaired) electrons. The zero-order valence-electron chi connectivity index (χ0n) is 9.99. The number of hydrogen-bond donors (Lipinski definition) is 2. The van der Waals surface area contributed by atoms with Gasteiger partial charge in [-0.1, -0.05) is 0 Å². The van der Waals surface area contributed by atoms with E-state index in [-0.39, 0.29) is 22.0 Å². The fourth-order valence-corrected chi connectivity index (χ4v) is 2.74. The van der Waals surface area contributed by atoms with Crippen molar-refractivity contribution in [3.05, 3.63) is 28.0 Å². The van der Waals surface area contributed by atoms with E-state index < -0.39 is 11.8 Å². The average molecular weight is 327 g/mol. The first-order valence-electron chi connectivity index (χ1n) is 5.90. The first-order chi connectivity index (χ1) is 9.02. The van der Waals surface area contributed by atoms with E-state index in [1.807, 2.05) is 6.07 Å². The molecule has 1 aliphatic carbocycles. The smallest absolute Gasteiger partial charge is 0.306 e. The summed E-state index contributed by atoms with van der Waals surface area (Å²) in [7, 11) is 0. The van der Waals surface area contributed by atoms with Gasteiger partial charge in [0.15, 0.2) is 5.82 Å². The van der Waals surface area contributed by atoms with Crippen molar-refractivity contribution in [3.8, 4) is 6.07 Å². The molecule has 0 bridgehead atoms. The Hall–Kier alpha value is -1.61. The maximum absolute atomic E-state index is 14.0. The minimum atomic E-state index is -0.800. The Labute approximate surface area is 118 Å². The van der Waals surface area contributed by atoms with Gasteiger partial charge in [0, 0.05) is 6.04 Å². The summed E-state index contributed by atoms with van der Waals surface area (Å²) in [6.07, 6.45) is 1.80. The monoisotopic (exact) mass is 326 g/mol. The van der Waals surface area contributed by atoms with E-state index in [0.717, 1.165) is 0 Å². The molecule has 0 aliphatic heterocycles. The largest absolute Gasteiger partial charge is 0.481 e. The molecule has 1 fully saturated rings. The van der Waals surface area contributed by atoms with Crippen LogP contribution < -0.4 is 5.32 Å². The van der Waals surface area contributed by atoms with Crippen molar-refractivity contribution in [1.82, 2.24) is 0 Å². The molecule has 1 saturated carbocycles. The van der Waals surface area contributed by atoms with Crippen molar-refractivity contribution < 1.29 is 14.3 Å². The number of nitrogens with zero attached hydrogens (tertiary/aromatic N) is 1. The van der Waals surface area contributed by atoms with Crippen LogP contribution in [0, 0.1) is 23.1 Å². The Morgan fingerprint density at radius 1 is 1.53 bits per heavy atom. The second-order valence-corrected chi connectivity index (χ2v) is 5.38. The highest BCUT2D eigenvalue weighted by Gasteiger charge is 2.30. The molecule has 2 unspecified atom stereocenters. The Morgan fingerprint density at radius 3 is 2.84 bits per heavy atom. The van der Waals surface area contributed by atoms with Gasteiger partial charge in [-0.15, -0.1) is 0 Å². The zero-order valence-corrected chi connectivity index (χ0v) is 11.6. The molecule has 1 aliphatic rings. The van der Waals surface area contributed by atoms with Crippen LogP contribution in [0.1, 0.15) is 24.8 Å². The molecule has 19 heavy (non-hydrogen) atoms. The van der Waals surface area contributed by atoms with Crippen molar-refractivity contribution in [2.75, 3.05) is 5.32 Å². The fraction of sp³-hybridized carbons (Fsp3) is 0.385. The first kappa shape index (κ1) is 13.8. The lowest BCUT2D eigenvalue weighted by Gasteiger charge is -2.15. The van der Waals surface area contributed by atoms with Gasteiger partial charge >= 0.3 is 5.97 Å².